The molecule has 0 aliphatic carbocycles. The van der Waals surface area contributed by atoms with Crippen molar-refractivity contribution in [2.45, 2.75) is 65.6 Å². The molecule has 0 aliphatic rings. The summed E-state index contributed by atoms with van der Waals surface area (Å²) in [6.45, 7) is 9.48. The quantitative estimate of drug-likeness (QED) is 0.292. The summed E-state index contributed by atoms with van der Waals surface area (Å²) in [6.07, 6.45) is 5.17. The van der Waals surface area contributed by atoms with Crippen LogP contribution in [0.5, 0.6) is 0 Å². The minimum absolute atomic E-state index is 0.320. The second kappa shape index (κ2) is 9.23. The molecule has 1 N–H and O–H groups in total. The van der Waals surface area contributed by atoms with Gasteiger partial charge in [-0.3, -0.25) is 0 Å². The van der Waals surface area contributed by atoms with Crippen molar-refractivity contribution in [1.29, 1.82) is 0 Å². The largest absolute Gasteiger partial charge is 0.433 e. The van der Waals surface area contributed by atoms with Crippen molar-refractivity contribution in [3.8, 4) is 0 Å². The predicted octanol–water partition coefficient (Wildman–Crippen LogP) is 3.42. The van der Waals surface area contributed by atoms with Gasteiger partial charge in [0.05, 0.1) is 0 Å². The Labute approximate surface area is 105 Å². The molecular formula is C14H26O3. The van der Waals surface area contributed by atoms with E-state index in [2.05, 4.69) is 20.4 Å². The highest BCUT2D eigenvalue weighted by Crippen LogP contribution is 2.12. The van der Waals surface area contributed by atoms with Gasteiger partial charge in [-0.25, -0.2) is 4.79 Å². The fourth-order valence-corrected chi connectivity index (χ4v) is 1.51. The first-order chi connectivity index (χ1) is 7.93. The van der Waals surface area contributed by atoms with Gasteiger partial charge in [0.15, 0.2) is 0 Å². The zero-order valence-corrected chi connectivity index (χ0v) is 11.4. The van der Waals surface area contributed by atoms with E-state index in [0.29, 0.717) is 12.0 Å². The molecule has 17 heavy (non-hydrogen) atoms. The third-order valence-corrected chi connectivity index (χ3v) is 2.57. The van der Waals surface area contributed by atoms with Crippen LogP contribution in [-0.4, -0.2) is 17.4 Å². The number of aliphatic hydroxyl groups excluding tert-OH is 1. The van der Waals surface area contributed by atoms with E-state index in [1.54, 1.807) is 6.92 Å². The van der Waals surface area contributed by atoms with E-state index >= 15 is 0 Å². The van der Waals surface area contributed by atoms with Crippen LogP contribution in [0.1, 0.15) is 59.3 Å². The monoisotopic (exact) mass is 242 g/mol. The fourth-order valence-electron chi connectivity index (χ4n) is 1.51. The molecule has 0 fully saturated rings. The Morgan fingerprint density at radius 3 is 2.18 bits per heavy atom. The minimum Gasteiger partial charge on any atom is -0.433 e. The summed E-state index contributed by atoms with van der Waals surface area (Å²) >= 11 is 0. The summed E-state index contributed by atoms with van der Waals surface area (Å²) in [4.78, 5) is 11.1. The molecule has 0 amide bonds. The second-order valence-corrected chi connectivity index (χ2v) is 5.03. The Balaban J connectivity index is 3.42. The molecule has 0 radical (unpaired) electrons. The number of ether oxygens (including phenoxy) is 1. The molecule has 0 bridgehead atoms. The highest BCUT2D eigenvalue weighted by molar-refractivity contribution is 5.86. The van der Waals surface area contributed by atoms with E-state index < -0.39 is 12.3 Å². The molecule has 0 aromatic carbocycles. The van der Waals surface area contributed by atoms with Crippen LogP contribution in [0.25, 0.3) is 0 Å². The van der Waals surface area contributed by atoms with E-state index in [0.717, 1.165) is 18.8 Å². The maximum absolute atomic E-state index is 11.1. The molecular weight excluding hydrogens is 216 g/mol. The Kier molecular flexibility index (Phi) is 8.78. The Bertz CT molecular complexity index is 234. The summed E-state index contributed by atoms with van der Waals surface area (Å²) in [7, 11) is 0. The van der Waals surface area contributed by atoms with Crippen molar-refractivity contribution >= 4 is 5.97 Å². The van der Waals surface area contributed by atoms with Gasteiger partial charge in [-0.15, -0.1) is 0 Å². The van der Waals surface area contributed by atoms with E-state index in [4.69, 9.17) is 4.74 Å². The molecule has 3 heteroatoms. The van der Waals surface area contributed by atoms with Gasteiger partial charge in [0.25, 0.3) is 0 Å². The molecule has 0 rings (SSSR count). The molecule has 0 heterocycles. The van der Waals surface area contributed by atoms with Crippen molar-refractivity contribution in [3.05, 3.63) is 12.2 Å². The summed E-state index contributed by atoms with van der Waals surface area (Å²) in [5.74, 6) is 0.245. The standard InChI is InChI=1S/C14H26O3/c1-11(2)9-7-5-6-8-10-13(15)17-14(16)12(3)4/h11,13,15H,3,5-10H2,1-2,4H3. The van der Waals surface area contributed by atoms with Crippen molar-refractivity contribution in [2.24, 2.45) is 5.92 Å². The maximum Gasteiger partial charge on any atom is 0.335 e. The van der Waals surface area contributed by atoms with Crippen LogP contribution in [0.4, 0.5) is 0 Å². The number of hydrogen-bond donors (Lipinski definition) is 1. The van der Waals surface area contributed by atoms with E-state index in [-0.39, 0.29) is 0 Å². The Morgan fingerprint density at radius 2 is 1.71 bits per heavy atom. The lowest BCUT2D eigenvalue weighted by Gasteiger charge is -2.11. The first-order valence-electron chi connectivity index (χ1n) is 6.48. The maximum atomic E-state index is 11.1. The van der Waals surface area contributed by atoms with Gasteiger partial charge in [0.2, 0.25) is 6.29 Å². The van der Waals surface area contributed by atoms with Crippen molar-refractivity contribution in [1.82, 2.24) is 0 Å². The van der Waals surface area contributed by atoms with Crippen LogP contribution in [0.3, 0.4) is 0 Å². The number of carbonyl (C=O) groups excluding carboxylic acids is 1. The van der Waals surface area contributed by atoms with Gasteiger partial charge < -0.3 is 9.84 Å². The highest BCUT2D eigenvalue weighted by Gasteiger charge is 2.10. The van der Waals surface area contributed by atoms with Crippen molar-refractivity contribution in [3.63, 3.8) is 0 Å². The third-order valence-electron chi connectivity index (χ3n) is 2.57. The zero-order chi connectivity index (χ0) is 13.3. The van der Waals surface area contributed by atoms with E-state index in [1.165, 1.54) is 19.3 Å². The average Bonchev–Trinajstić information content (AvgIpc) is 2.22. The molecule has 0 saturated carbocycles. The lowest BCUT2D eigenvalue weighted by molar-refractivity contribution is -0.163. The summed E-state index contributed by atoms with van der Waals surface area (Å²) in [5, 5.41) is 9.43. The fraction of sp³-hybridized carbons (Fsp3) is 0.786. The SMILES string of the molecule is C=C(C)C(=O)OC(O)CCCCCCC(C)C. The minimum atomic E-state index is -0.982. The van der Waals surface area contributed by atoms with Crippen LogP contribution >= 0.6 is 0 Å². The van der Waals surface area contributed by atoms with Gasteiger partial charge >= 0.3 is 5.97 Å². The van der Waals surface area contributed by atoms with Gasteiger partial charge in [0.1, 0.15) is 0 Å². The second-order valence-electron chi connectivity index (χ2n) is 5.03. The topological polar surface area (TPSA) is 46.5 Å². The molecule has 100 valence electrons. The predicted molar refractivity (Wildman–Crippen MR) is 69.5 cm³/mol. The van der Waals surface area contributed by atoms with E-state index in [9.17, 15) is 9.90 Å². The summed E-state index contributed by atoms with van der Waals surface area (Å²) < 4.78 is 4.77. The highest BCUT2D eigenvalue weighted by atomic mass is 16.6. The first kappa shape index (κ1) is 16.2. The number of carbonyl (C=O) groups is 1. The molecule has 3 nitrogen and oxygen atoms in total. The van der Waals surface area contributed by atoms with Crippen LogP contribution < -0.4 is 0 Å². The number of aliphatic hydroxyl groups is 1. The van der Waals surface area contributed by atoms with Gasteiger partial charge in [-0.05, 0) is 19.3 Å². The summed E-state index contributed by atoms with van der Waals surface area (Å²) in [6, 6.07) is 0. The van der Waals surface area contributed by atoms with Crippen LogP contribution in [-0.2, 0) is 9.53 Å². The van der Waals surface area contributed by atoms with Crippen molar-refractivity contribution in [2.75, 3.05) is 0 Å². The number of unbranched alkanes of at least 4 members (excludes halogenated alkanes) is 3. The molecule has 0 spiro atoms. The lowest BCUT2D eigenvalue weighted by Crippen LogP contribution is -2.17. The number of esters is 1. The molecule has 1 unspecified atom stereocenters. The molecule has 0 aliphatic heterocycles. The van der Waals surface area contributed by atoms with Crippen molar-refractivity contribution < 1.29 is 14.6 Å². The third kappa shape index (κ3) is 10.1. The average molecular weight is 242 g/mol. The van der Waals surface area contributed by atoms with E-state index in [1.807, 2.05) is 0 Å². The lowest BCUT2D eigenvalue weighted by atomic mass is 10.0. The molecule has 0 aromatic rings. The van der Waals surface area contributed by atoms with Gasteiger partial charge in [-0.1, -0.05) is 46.1 Å². The Morgan fingerprint density at radius 1 is 1.18 bits per heavy atom. The Hall–Kier alpha value is -0.830. The van der Waals surface area contributed by atoms with Gasteiger partial charge in [0, 0.05) is 12.0 Å². The summed E-state index contributed by atoms with van der Waals surface area (Å²) in [5.41, 5.74) is 0.320. The van der Waals surface area contributed by atoms with Crippen LogP contribution in [0, 0.1) is 5.92 Å². The molecule has 0 aromatic heterocycles. The molecule has 1 atom stereocenters. The van der Waals surface area contributed by atoms with Crippen LogP contribution in [0.2, 0.25) is 0 Å². The number of rotatable bonds is 9. The zero-order valence-electron chi connectivity index (χ0n) is 11.4. The van der Waals surface area contributed by atoms with Gasteiger partial charge in [-0.2, -0.15) is 0 Å². The molecule has 0 saturated heterocycles. The number of hydrogen-bond acceptors (Lipinski definition) is 3. The first-order valence-corrected chi connectivity index (χ1v) is 6.48. The normalized spacial score (nSPS) is 12.5. The van der Waals surface area contributed by atoms with Crippen LogP contribution in [0.15, 0.2) is 12.2 Å². The smallest absolute Gasteiger partial charge is 0.335 e.